The lowest BCUT2D eigenvalue weighted by atomic mass is 10.1. The third kappa shape index (κ3) is 3.33. The molecule has 0 saturated carbocycles. The van der Waals surface area contributed by atoms with Gasteiger partial charge in [0.15, 0.2) is 0 Å². The maximum Gasteiger partial charge on any atom is 0.348 e. The molecule has 1 aromatic heterocycles. The largest absolute Gasteiger partial charge is 0.508 e. The van der Waals surface area contributed by atoms with Crippen molar-refractivity contribution in [2.45, 2.75) is 6.92 Å². The van der Waals surface area contributed by atoms with E-state index in [2.05, 4.69) is 9.97 Å². The smallest absolute Gasteiger partial charge is 0.348 e. The number of H-pyrrole nitrogens is 1. The van der Waals surface area contributed by atoms with Crippen LogP contribution in [0.2, 0.25) is 0 Å². The first-order valence-electron chi connectivity index (χ1n) is 7.21. The molecular formula is C18H14N2O4. The lowest BCUT2D eigenvalue weighted by molar-refractivity contribution is 0.0727. The van der Waals surface area contributed by atoms with Crippen LogP contribution in [0, 0.1) is 6.92 Å². The predicted molar refractivity (Wildman–Crippen MR) is 88.1 cm³/mol. The number of nitrogens with zero attached hydrogens (tertiary/aromatic N) is 1. The van der Waals surface area contributed by atoms with Gasteiger partial charge in [0.2, 0.25) is 5.88 Å². The maximum absolute atomic E-state index is 12.1. The summed E-state index contributed by atoms with van der Waals surface area (Å²) in [5.41, 5.74) is 1.37. The summed E-state index contributed by atoms with van der Waals surface area (Å²) in [4.78, 5) is 30.1. The third-order valence-corrected chi connectivity index (χ3v) is 3.42. The molecule has 6 heteroatoms. The van der Waals surface area contributed by atoms with E-state index < -0.39 is 11.7 Å². The molecule has 0 aliphatic carbocycles. The lowest BCUT2D eigenvalue weighted by Crippen LogP contribution is -2.16. The van der Waals surface area contributed by atoms with E-state index in [0.29, 0.717) is 22.4 Å². The molecular weight excluding hydrogens is 308 g/mol. The van der Waals surface area contributed by atoms with Crippen LogP contribution in [0.3, 0.4) is 0 Å². The highest BCUT2D eigenvalue weighted by Gasteiger charge is 2.11. The fourth-order valence-corrected chi connectivity index (χ4v) is 2.19. The molecule has 2 aromatic carbocycles. The Kier molecular flexibility index (Phi) is 4.11. The lowest BCUT2D eigenvalue weighted by Gasteiger charge is -2.07. The number of nitrogens with one attached hydrogen (secondary N) is 1. The Bertz CT molecular complexity index is 949. The molecule has 0 radical (unpaired) electrons. The number of carbonyl (C=O) groups excluding carboxylic acids is 1. The Morgan fingerprint density at radius 2 is 1.88 bits per heavy atom. The van der Waals surface area contributed by atoms with Gasteiger partial charge in [0.25, 0.3) is 0 Å². The minimum atomic E-state index is -0.630. The molecule has 24 heavy (non-hydrogen) atoms. The van der Waals surface area contributed by atoms with E-state index in [0.717, 1.165) is 0 Å². The van der Waals surface area contributed by atoms with E-state index in [1.54, 1.807) is 49.4 Å². The van der Waals surface area contributed by atoms with Crippen LogP contribution in [-0.2, 0) is 0 Å². The number of aromatic amines is 1. The first-order valence-corrected chi connectivity index (χ1v) is 7.21. The molecule has 120 valence electrons. The number of hydrogen-bond acceptors (Lipinski definition) is 5. The highest BCUT2D eigenvalue weighted by Crippen LogP contribution is 2.24. The summed E-state index contributed by atoms with van der Waals surface area (Å²) < 4.78 is 5.21. The van der Waals surface area contributed by atoms with Crippen molar-refractivity contribution >= 4 is 5.97 Å². The molecule has 0 spiro atoms. The summed E-state index contributed by atoms with van der Waals surface area (Å²) in [6.07, 6.45) is 0. The SMILES string of the molecule is Cc1cc(-c2cc(OC(=O)c3ccccc3)[nH]c(=O)n2)ccc1O. The Morgan fingerprint density at radius 3 is 2.58 bits per heavy atom. The monoisotopic (exact) mass is 322 g/mol. The van der Waals surface area contributed by atoms with Gasteiger partial charge in [-0.3, -0.25) is 4.98 Å². The minimum Gasteiger partial charge on any atom is -0.508 e. The summed E-state index contributed by atoms with van der Waals surface area (Å²) in [5.74, 6) is -0.422. The van der Waals surface area contributed by atoms with Crippen molar-refractivity contribution in [2.24, 2.45) is 0 Å². The van der Waals surface area contributed by atoms with Crippen molar-refractivity contribution in [3.05, 3.63) is 76.2 Å². The molecule has 0 saturated heterocycles. The first kappa shape index (κ1) is 15.5. The van der Waals surface area contributed by atoms with Crippen LogP contribution >= 0.6 is 0 Å². The Balaban J connectivity index is 1.93. The predicted octanol–water partition coefficient (Wildman–Crippen LogP) is 2.67. The van der Waals surface area contributed by atoms with Crippen molar-refractivity contribution in [1.82, 2.24) is 9.97 Å². The first-order chi connectivity index (χ1) is 11.5. The molecule has 0 bridgehead atoms. The van der Waals surface area contributed by atoms with E-state index >= 15 is 0 Å². The van der Waals surface area contributed by atoms with Gasteiger partial charge >= 0.3 is 11.7 Å². The number of aromatic hydroxyl groups is 1. The standard InChI is InChI=1S/C18H14N2O4/c1-11-9-13(7-8-15(11)21)14-10-16(20-18(23)19-14)24-17(22)12-5-3-2-4-6-12/h2-10,21H,1H3,(H,19,20,23). The quantitative estimate of drug-likeness (QED) is 0.723. The van der Waals surface area contributed by atoms with Crippen LogP contribution in [0.25, 0.3) is 11.3 Å². The zero-order valence-corrected chi connectivity index (χ0v) is 12.8. The zero-order valence-electron chi connectivity index (χ0n) is 12.8. The normalized spacial score (nSPS) is 10.4. The molecule has 0 unspecified atom stereocenters. The van der Waals surface area contributed by atoms with Crippen LogP contribution in [0.1, 0.15) is 15.9 Å². The van der Waals surface area contributed by atoms with Crippen LogP contribution in [-0.4, -0.2) is 21.0 Å². The molecule has 1 heterocycles. The van der Waals surface area contributed by atoms with Gasteiger partial charge in [-0.15, -0.1) is 0 Å². The van der Waals surface area contributed by atoms with Gasteiger partial charge in [-0.05, 0) is 42.8 Å². The minimum absolute atomic E-state index is 0.00424. The third-order valence-electron chi connectivity index (χ3n) is 3.42. The number of carbonyl (C=O) groups is 1. The van der Waals surface area contributed by atoms with Gasteiger partial charge in [-0.25, -0.2) is 9.59 Å². The molecule has 0 amide bonds. The van der Waals surface area contributed by atoms with E-state index in [1.807, 2.05) is 0 Å². The molecule has 0 aliphatic heterocycles. The molecule has 2 N–H and O–H groups in total. The number of aryl methyl sites for hydroxylation is 1. The van der Waals surface area contributed by atoms with E-state index in [1.165, 1.54) is 12.1 Å². The van der Waals surface area contributed by atoms with Crippen LogP contribution < -0.4 is 10.4 Å². The molecule has 3 rings (SSSR count). The van der Waals surface area contributed by atoms with Gasteiger partial charge in [0.05, 0.1) is 11.3 Å². The number of hydrogen-bond donors (Lipinski definition) is 2. The molecule has 0 fully saturated rings. The number of aromatic nitrogens is 2. The van der Waals surface area contributed by atoms with Crippen molar-refractivity contribution in [1.29, 1.82) is 0 Å². The Hall–Kier alpha value is -3.41. The number of esters is 1. The number of ether oxygens (including phenoxy) is 1. The summed E-state index contributed by atoms with van der Waals surface area (Å²) in [5, 5.41) is 9.59. The zero-order chi connectivity index (χ0) is 17.1. The summed E-state index contributed by atoms with van der Waals surface area (Å²) >= 11 is 0. The second-order valence-corrected chi connectivity index (χ2v) is 5.19. The Morgan fingerprint density at radius 1 is 1.12 bits per heavy atom. The highest BCUT2D eigenvalue weighted by atomic mass is 16.5. The molecule has 6 nitrogen and oxygen atoms in total. The fraction of sp³-hybridized carbons (Fsp3) is 0.0556. The van der Waals surface area contributed by atoms with Crippen molar-refractivity contribution in [2.75, 3.05) is 0 Å². The highest BCUT2D eigenvalue weighted by molar-refractivity contribution is 5.90. The van der Waals surface area contributed by atoms with Gasteiger partial charge in [-0.2, -0.15) is 4.98 Å². The molecule has 0 atom stereocenters. The van der Waals surface area contributed by atoms with Crippen molar-refractivity contribution < 1.29 is 14.6 Å². The number of rotatable bonds is 3. The van der Waals surface area contributed by atoms with Gasteiger partial charge in [-0.1, -0.05) is 18.2 Å². The average molecular weight is 322 g/mol. The van der Waals surface area contributed by atoms with Crippen LogP contribution in [0.15, 0.2) is 59.4 Å². The molecule has 0 aliphatic rings. The van der Waals surface area contributed by atoms with Crippen LogP contribution in [0.4, 0.5) is 0 Å². The average Bonchev–Trinajstić information content (AvgIpc) is 2.57. The topological polar surface area (TPSA) is 92.3 Å². The van der Waals surface area contributed by atoms with Crippen molar-refractivity contribution in [3.63, 3.8) is 0 Å². The number of phenols is 1. The number of phenolic OH excluding ortho intramolecular Hbond substituents is 1. The number of benzene rings is 2. The van der Waals surface area contributed by atoms with Gasteiger partial charge < -0.3 is 9.84 Å². The summed E-state index contributed by atoms with van der Waals surface area (Å²) in [6.45, 7) is 1.74. The van der Waals surface area contributed by atoms with E-state index in [4.69, 9.17) is 4.74 Å². The van der Waals surface area contributed by atoms with Gasteiger partial charge in [0.1, 0.15) is 5.75 Å². The second-order valence-electron chi connectivity index (χ2n) is 5.19. The second kappa shape index (κ2) is 6.37. The Labute approximate surface area is 137 Å². The fourth-order valence-electron chi connectivity index (χ4n) is 2.19. The van der Waals surface area contributed by atoms with E-state index in [-0.39, 0.29) is 11.6 Å². The molecule has 3 aromatic rings. The van der Waals surface area contributed by atoms with Gasteiger partial charge in [0, 0.05) is 11.6 Å². The van der Waals surface area contributed by atoms with Crippen molar-refractivity contribution in [3.8, 4) is 22.9 Å². The van der Waals surface area contributed by atoms with E-state index in [9.17, 15) is 14.7 Å². The summed E-state index contributed by atoms with van der Waals surface area (Å²) in [6, 6.07) is 14.8. The van der Waals surface area contributed by atoms with Crippen LogP contribution in [0.5, 0.6) is 11.6 Å². The summed E-state index contributed by atoms with van der Waals surface area (Å²) in [7, 11) is 0. The maximum atomic E-state index is 12.1.